The topological polar surface area (TPSA) is 77.5 Å². The molecule has 0 N–H and O–H groups in total. The van der Waals surface area contributed by atoms with Gasteiger partial charge in [0.05, 0.1) is 24.4 Å². The average molecular weight is 414 g/mol. The molecule has 0 spiro atoms. The van der Waals surface area contributed by atoms with Gasteiger partial charge >= 0.3 is 0 Å². The van der Waals surface area contributed by atoms with Gasteiger partial charge in [0, 0.05) is 24.4 Å². The van der Waals surface area contributed by atoms with Crippen LogP contribution in [0.4, 0.5) is 5.69 Å². The summed E-state index contributed by atoms with van der Waals surface area (Å²) in [7, 11) is 0. The highest BCUT2D eigenvalue weighted by molar-refractivity contribution is 7.98. The Morgan fingerprint density at radius 2 is 2.16 bits per heavy atom. The fourth-order valence-electron chi connectivity index (χ4n) is 2.23. The predicted molar refractivity (Wildman–Crippen MR) is 104 cm³/mol. The molecule has 0 aliphatic carbocycles. The van der Waals surface area contributed by atoms with Crippen LogP contribution in [0.3, 0.4) is 0 Å². The van der Waals surface area contributed by atoms with E-state index in [4.69, 9.17) is 11.6 Å². The lowest BCUT2D eigenvalue weighted by atomic mass is 10.3. The molecule has 1 aromatic carbocycles. The number of aromatic nitrogens is 1. The van der Waals surface area contributed by atoms with E-state index in [2.05, 4.69) is 4.99 Å². The van der Waals surface area contributed by atoms with Crippen LogP contribution in [0.15, 0.2) is 35.3 Å². The molecule has 0 bridgehead atoms. The summed E-state index contributed by atoms with van der Waals surface area (Å²) in [6.07, 6.45) is 2.00. The van der Waals surface area contributed by atoms with Gasteiger partial charge < -0.3 is 4.57 Å². The van der Waals surface area contributed by atoms with Gasteiger partial charge in [-0.05, 0) is 24.5 Å². The Kier molecular flexibility index (Phi) is 5.57. The van der Waals surface area contributed by atoms with E-state index in [0.717, 1.165) is 16.0 Å². The number of benzene rings is 1. The fraction of sp³-hybridized carbons (Fsp3) is 0.200. The van der Waals surface area contributed by atoms with Crippen LogP contribution in [0.25, 0.3) is 10.2 Å². The Morgan fingerprint density at radius 1 is 1.36 bits per heavy atom. The van der Waals surface area contributed by atoms with E-state index in [9.17, 15) is 14.9 Å². The molecule has 0 saturated heterocycles. The van der Waals surface area contributed by atoms with Crippen LogP contribution in [0.2, 0.25) is 4.34 Å². The number of nitrogens with zero attached hydrogens (tertiary/aromatic N) is 3. The minimum Gasteiger partial charge on any atom is -0.315 e. The molecule has 3 aromatic rings. The number of halogens is 1. The molecule has 2 aromatic heterocycles. The fourth-order valence-corrected chi connectivity index (χ4v) is 4.61. The second kappa shape index (κ2) is 7.69. The number of thiazole rings is 1. The zero-order valence-electron chi connectivity index (χ0n) is 13.0. The van der Waals surface area contributed by atoms with Crippen molar-refractivity contribution in [3.05, 3.63) is 54.5 Å². The predicted octanol–water partition coefficient (Wildman–Crippen LogP) is 4.43. The second-order valence-corrected chi connectivity index (χ2v) is 8.67. The summed E-state index contributed by atoms with van der Waals surface area (Å²) in [6, 6.07) is 7.99. The number of hydrogen-bond acceptors (Lipinski definition) is 6. The monoisotopic (exact) mass is 413 g/mol. The van der Waals surface area contributed by atoms with E-state index in [1.807, 2.05) is 10.8 Å². The molecule has 10 heteroatoms. The van der Waals surface area contributed by atoms with Gasteiger partial charge in [-0.15, -0.1) is 11.3 Å². The minimum atomic E-state index is -0.430. The number of nitro groups is 1. The lowest BCUT2D eigenvalue weighted by Crippen LogP contribution is -2.18. The number of hydrogen-bond donors (Lipinski definition) is 0. The molecule has 0 atom stereocenters. The number of fused-ring (bicyclic) bond motifs is 1. The van der Waals surface area contributed by atoms with E-state index in [1.54, 1.807) is 30.0 Å². The van der Waals surface area contributed by atoms with Crippen LogP contribution in [0.5, 0.6) is 0 Å². The first-order valence-corrected chi connectivity index (χ1v) is 10.5. The van der Waals surface area contributed by atoms with E-state index in [0.29, 0.717) is 20.6 Å². The van der Waals surface area contributed by atoms with Gasteiger partial charge in [0.25, 0.3) is 11.6 Å². The second-order valence-electron chi connectivity index (χ2n) is 4.96. The van der Waals surface area contributed by atoms with Crippen LogP contribution < -0.4 is 4.80 Å². The smallest absolute Gasteiger partial charge is 0.289 e. The molecule has 0 unspecified atom stereocenters. The van der Waals surface area contributed by atoms with Crippen molar-refractivity contribution >= 4 is 67.8 Å². The van der Waals surface area contributed by atoms with E-state index >= 15 is 0 Å². The van der Waals surface area contributed by atoms with Crippen LogP contribution in [-0.2, 0) is 6.54 Å². The quantitative estimate of drug-likeness (QED) is 0.458. The molecular formula is C15H12ClN3O3S3. The summed E-state index contributed by atoms with van der Waals surface area (Å²) < 4.78 is 3.18. The first-order valence-electron chi connectivity index (χ1n) is 7.10. The number of carbonyl (C=O) groups is 1. The highest BCUT2D eigenvalue weighted by Gasteiger charge is 2.14. The third-order valence-electron chi connectivity index (χ3n) is 3.38. The third-order valence-corrected chi connectivity index (χ3v) is 6.23. The van der Waals surface area contributed by atoms with Gasteiger partial charge in [-0.3, -0.25) is 14.9 Å². The Labute approximate surface area is 159 Å². The van der Waals surface area contributed by atoms with Gasteiger partial charge in [-0.1, -0.05) is 22.9 Å². The summed E-state index contributed by atoms with van der Waals surface area (Å²) in [5.74, 6) is 0.477. The maximum atomic E-state index is 12.4. The maximum Gasteiger partial charge on any atom is 0.289 e. The number of rotatable bonds is 5. The summed E-state index contributed by atoms with van der Waals surface area (Å²) in [5, 5.41) is 11.0. The molecule has 130 valence electrons. The standard InChI is InChI=1S/C15H12ClN3O3S3/c1-23-7-6-18-10-3-2-9(19(21)22)8-12(10)25-15(18)17-14(20)11-4-5-13(16)24-11/h2-5,8H,6-7H2,1H3. The first kappa shape index (κ1) is 18.1. The number of amides is 1. The summed E-state index contributed by atoms with van der Waals surface area (Å²) in [4.78, 5) is 28.1. The van der Waals surface area contributed by atoms with Gasteiger partial charge in [-0.2, -0.15) is 16.8 Å². The number of aryl methyl sites for hydroxylation is 1. The van der Waals surface area contributed by atoms with E-state index < -0.39 is 4.92 Å². The Balaban J connectivity index is 2.12. The molecular weight excluding hydrogens is 402 g/mol. The van der Waals surface area contributed by atoms with Gasteiger partial charge in [0.2, 0.25) is 0 Å². The van der Waals surface area contributed by atoms with Gasteiger partial charge in [-0.25, -0.2) is 0 Å². The molecule has 1 amide bonds. The molecule has 25 heavy (non-hydrogen) atoms. The van der Waals surface area contributed by atoms with Gasteiger partial charge in [0.15, 0.2) is 4.80 Å². The molecule has 0 saturated carbocycles. The molecule has 0 fully saturated rings. The zero-order chi connectivity index (χ0) is 18.0. The van der Waals surface area contributed by atoms with Gasteiger partial charge in [0.1, 0.15) is 0 Å². The SMILES string of the molecule is CSCCn1c(=NC(=O)c2ccc(Cl)s2)sc2cc([N+](=O)[O-])ccc21. The normalized spacial score (nSPS) is 12.0. The van der Waals surface area contributed by atoms with Crippen molar-refractivity contribution in [1.82, 2.24) is 4.57 Å². The largest absolute Gasteiger partial charge is 0.315 e. The molecule has 0 radical (unpaired) electrons. The molecule has 6 nitrogen and oxygen atoms in total. The third kappa shape index (κ3) is 3.95. The lowest BCUT2D eigenvalue weighted by molar-refractivity contribution is -0.384. The lowest BCUT2D eigenvalue weighted by Gasteiger charge is -2.03. The van der Waals surface area contributed by atoms with Crippen LogP contribution in [0.1, 0.15) is 9.67 Å². The number of non-ortho nitro benzene ring substituents is 1. The van der Waals surface area contributed by atoms with E-state index in [-0.39, 0.29) is 11.6 Å². The minimum absolute atomic E-state index is 0.0219. The van der Waals surface area contributed by atoms with Crippen molar-refractivity contribution < 1.29 is 9.72 Å². The maximum absolute atomic E-state index is 12.4. The van der Waals surface area contributed by atoms with Crippen LogP contribution in [0, 0.1) is 10.1 Å². The highest BCUT2D eigenvalue weighted by atomic mass is 35.5. The van der Waals surface area contributed by atoms with Crippen molar-refractivity contribution in [3.8, 4) is 0 Å². The summed E-state index contributed by atoms with van der Waals surface area (Å²) >= 11 is 10.00. The van der Waals surface area contributed by atoms with Crippen LogP contribution >= 0.6 is 46.0 Å². The molecule has 0 aliphatic heterocycles. The summed E-state index contributed by atoms with van der Waals surface area (Å²) in [5.41, 5.74) is 0.856. The van der Waals surface area contributed by atoms with Crippen molar-refractivity contribution in [3.63, 3.8) is 0 Å². The molecule has 2 heterocycles. The van der Waals surface area contributed by atoms with Crippen molar-refractivity contribution in [1.29, 1.82) is 0 Å². The molecule has 3 rings (SSSR count). The number of thioether (sulfide) groups is 1. The zero-order valence-corrected chi connectivity index (χ0v) is 16.2. The average Bonchev–Trinajstić information content (AvgIpc) is 3.15. The first-order chi connectivity index (χ1) is 12.0. The molecule has 0 aliphatic rings. The van der Waals surface area contributed by atoms with Crippen molar-refractivity contribution in [2.75, 3.05) is 12.0 Å². The Hall–Kier alpha value is -1.68. The number of thiophene rings is 1. The summed E-state index contributed by atoms with van der Waals surface area (Å²) in [6.45, 7) is 0.663. The Bertz CT molecular complexity index is 1020. The number of carbonyl (C=O) groups excluding carboxylic acids is 1. The van der Waals surface area contributed by atoms with Crippen LogP contribution in [-0.4, -0.2) is 27.4 Å². The van der Waals surface area contributed by atoms with Crippen molar-refractivity contribution in [2.45, 2.75) is 6.54 Å². The van der Waals surface area contributed by atoms with Crippen molar-refractivity contribution in [2.24, 2.45) is 4.99 Å². The van der Waals surface area contributed by atoms with E-state index in [1.165, 1.54) is 34.8 Å². The number of nitro benzene ring substituents is 1. The Morgan fingerprint density at radius 3 is 2.80 bits per heavy atom. The highest BCUT2D eigenvalue weighted by Crippen LogP contribution is 2.24.